The Balaban J connectivity index is 1.57. The van der Waals surface area contributed by atoms with E-state index in [2.05, 4.69) is 15.8 Å². The molecule has 2 amide bonds. The lowest BCUT2D eigenvalue weighted by atomic mass is 10.1. The van der Waals surface area contributed by atoms with Crippen LogP contribution in [0.15, 0.2) is 53.1 Å². The molecule has 3 rings (SSSR count). The smallest absolute Gasteiger partial charge is 0.227 e. The highest BCUT2D eigenvalue weighted by atomic mass is 16.5. The predicted molar refractivity (Wildman–Crippen MR) is 104 cm³/mol. The first-order chi connectivity index (χ1) is 13.1. The molecule has 0 unspecified atom stereocenters. The van der Waals surface area contributed by atoms with Gasteiger partial charge in [-0.2, -0.15) is 0 Å². The van der Waals surface area contributed by atoms with Crippen molar-refractivity contribution < 1.29 is 14.1 Å². The molecule has 2 N–H and O–H groups in total. The quantitative estimate of drug-likeness (QED) is 0.669. The summed E-state index contributed by atoms with van der Waals surface area (Å²) in [4.78, 5) is 24.3. The minimum absolute atomic E-state index is 0.00315. The Hall–Kier alpha value is -3.15. The van der Waals surface area contributed by atoms with Crippen molar-refractivity contribution in [2.75, 3.05) is 5.32 Å². The molecule has 0 spiro atoms. The van der Waals surface area contributed by atoms with Gasteiger partial charge in [-0.05, 0) is 36.2 Å². The number of benzene rings is 2. The number of hydrogen-bond donors (Lipinski definition) is 2. The van der Waals surface area contributed by atoms with E-state index in [1.807, 2.05) is 62.4 Å². The number of nitrogens with zero attached hydrogens (tertiary/aromatic N) is 1. The fraction of sp³-hybridized carbons (Fsp3) is 0.286. The van der Waals surface area contributed by atoms with Crippen LogP contribution < -0.4 is 10.6 Å². The second-order valence-corrected chi connectivity index (χ2v) is 6.58. The Bertz CT molecular complexity index is 949. The number of fused-ring (bicyclic) bond motifs is 1. The van der Waals surface area contributed by atoms with Crippen molar-refractivity contribution in [2.24, 2.45) is 5.92 Å². The van der Waals surface area contributed by atoms with Crippen LogP contribution in [0.4, 0.5) is 5.69 Å². The van der Waals surface area contributed by atoms with Crippen molar-refractivity contribution in [3.63, 3.8) is 0 Å². The Morgan fingerprint density at radius 2 is 1.96 bits per heavy atom. The number of anilines is 1. The van der Waals surface area contributed by atoms with Gasteiger partial charge in [0.2, 0.25) is 11.8 Å². The maximum Gasteiger partial charge on any atom is 0.227 e. The highest BCUT2D eigenvalue weighted by Gasteiger charge is 2.13. The first-order valence-corrected chi connectivity index (χ1v) is 9.06. The molecular weight excluding hydrogens is 342 g/mol. The molecule has 2 aromatic carbocycles. The summed E-state index contributed by atoms with van der Waals surface area (Å²) in [7, 11) is 0. The standard InChI is InChI=1S/C21H23N3O3/c1-3-14(2)21(26)23-16-8-6-7-15(11-16)13-22-20(25)12-18-17-9-4-5-10-19(17)27-24-18/h4-11,14H,3,12-13H2,1-2H3,(H,22,25)(H,23,26)/t14-/m0/s1. The molecular formula is C21H23N3O3. The highest BCUT2D eigenvalue weighted by molar-refractivity contribution is 5.92. The van der Waals surface area contributed by atoms with E-state index in [0.29, 0.717) is 17.8 Å². The normalized spacial score (nSPS) is 11.9. The van der Waals surface area contributed by atoms with Crippen molar-refractivity contribution in [2.45, 2.75) is 33.2 Å². The van der Waals surface area contributed by atoms with Gasteiger partial charge in [-0.15, -0.1) is 0 Å². The van der Waals surface area contributed by atoms with E-state index in [4.69, 9.17) is 4.52 Å². The molecule has 0 aliphatic heterocycles. The van der Waals surface area contributed by atoms with E-state index in [1.54, 1.807) is 0 Å². The molecule has 0 fully saturated rings. The Morgan fingerprint density at radius 1 is 1.15 bits per heavy atom. The molecule has 0 saturated carbocycles. The molecule has 0 aliphatic rings. The van der Waals surface area contributed by atoms with Gasteiger partial charge < -0.3 is 15.2 Å². The molecule has 140 valence electrons. The summed E-state index contributed by atoms with van der Waals surface area (Å²) in [5.41, 5.74) is 2.94. The van der Waals surface area contributed by atoms with Gasteiger partial charge in [0.1, 0.15) is 5.69 Å². The third-order valence-corrected chi connectivity index (χ3v) is 4.52. The predicted octanol–water partition coefficient (Wildman–Crippen LogP) is 3.67. The van der Waals surface area contributed by atoms with Crippen LogP contribution in [-0.4, -0.2) is 17.0 Å². The number of para-hydroxylation sites is 1. The summed E-state index contributed by atoms with van der Waals surface area (Å²) in [6.07, 6.45) is 0.944. The summed E-state index contributed by atoms with van der Waals surface area (Å²) < 4.78 is 5.22. The van der Waals surface area contributed by atoms with Crippen LogP contribution in [0.1, 0.15) is 31.5 Å². The van der Waals surface area contributed by atoms with Crippen molar-refractivity contribution in [3.8, 4) is 0 Å². The highest BCUT2D eigenvalue weighted by Crippen LogP contribution is 2.18. The van der Waals surface area contributed by atoms with Crippen LogP contribution in [0.3, 0.4) is 0 Å². The van der Waals surface area contributed by atoms with E-state index >= 15 is 0 Å². The fourth-order valence-electron chi connectivity index (χ4n) is 2.69. The number of rotatable bonds is 7. The average Bonchev–Trinajstić information content (AvgIpc) is 3.09. The molecule has 0 bridgehead atoms. The summed E-state index contributed by atoms with van der Waals surface area (Å²) >= 11 is 0. The molecule has 1 atom stereocenters. The van der Waals surface area contributed by atoms with Gasteiger partial charge in [0, 0.05) is 23.5 Å². The zero-order valence-corrected chi connectivity index (χ0v) is 15.5. The average molecular weight is 365 g/mol. The molecule has 0 saturated heterocycles. The van der Waals surface area contributed by atoms with Crippen LogP contribution in [0, 0.1) is 5.92 Å². The van der Waals surface area contributed by atoms with Gasteiger partial charge in [-0.25, -0.2) is 0 Å². The van der Waals surface area contributed by atoms with E-state index < -0.39 is 0 Å². The van der Waals surface area contributed by atoms with Gasteiger partial charge >= 0.3 is 0 Å². The first-order valence-electron chi connectivity index (χ1n) is 9.06. The maximum absolute atomic E-state index is 12.3. The molecule has 1 heterocycles. The minimum atomic E-state index is -0.136. The van der Waals surface area contributed by atoms with Crippen LogP contribution in [0.25, 0.3) is 11.0 Å². The molecule has 0 radical (unpaired) electrons. The monoisotopic (exact) mass is 365 g/mol. The Kier molecular flexibility index (Phi) is 5.86. The fourth-order valence-corrected chi connectivity index (χ4v) is 2.69. The van der Waals surface area contributed by atoms with Crippen molar-refractivity contribution in [3.05, 3.63) is 59.8 Å². The Morgan fingerprint density at radius 3 is 2.78 bits per heavy atom. The summed E-state index contributed by atoms with van der Waals surface area (Å²) in [6.45, 7) is 4.25. The summed E-state index contributed by atoms with van der Waals surface area (Å²) in [6, 6.07) is 14.9. The zero-order chi connectivity index (χ0) is 19.2. The third-order valence-electron chi connectivity index (χ3n) is 4.52. The maximum atomic E-state index is 12.3. The van der Waals surface area contributed by atoms with Crippen LogP contribution >= 0.6 is 0 Å². The second kappa shape index (κ2) is 8.49. The van der Waals surface area contributed by atoms with Crippen molar-refractivity contribution >= 4 is 28.5 Å². The van der Waals surface area contributed by atoms with Crippen molar-refractivity contribution in [1.82, 2.24) is 10.5 Å². The number of hydrogen-bond acceptors (Lipinski definition) is 4. The summed E-state index contributed by atoms with van der Waals surface area (Å²) in [5, 5.41) is 10.6. The van der Waals surface area contributed by atoms with Gasteiger partial charge in [-0.1, -0.05) is 43.3 Å². The van der Waals surface area contributed by atoms with Gasteiger partial charge in [0.25, 0.3) is 0 Å². The van der Waals surface area contributed by atoms with Crippen LogP contribution in [-0.2, 0) is 22.6 Å². The summed E-state index contributed by atoms with van der Waals surface area (Å²) in [5.74, 6) is -0.176. The van der Waals surface area contributed by atoms with E-state index in [9.17, 15) is 9.59 Å². The third kappa shape index (κ3) is 4.73. The molecule has 3 aromatic rings. The minimum Gasteiger partial charge on any atom is -0.356 e. The van der Waals surface area contributed by atoms with Gasteiger partial charge in [-0.3, -0.25) is 9.59 Å². The lowest BCUT2D eigenvalue weighted by molar-refractivity contribution is -0.121. The molecule has 6 nitrogen and oxygen atoms in total. The SMILES string of the molecule is CC[C@H](C)C(=O)Nc1cccc(CNC(=O)Cc2noc3ccccc23)c1. The number of carbonyl (C=O) groups excluding carboxylic acids is 2. The number of amides is 2. The van der Waals surface area contributed by atoms with Crippen LogP contribution in [0.5, 0.6) is 0 Å². The lowest BCUT2D eigenvalue weighted by Gasteiger charge is -2.11. The van der Waals surface area contributed by atoms with Gasteiger partial charge in [0.15, 0.2) is 5.58 Å². The molecule has 27 heavy (non-hydrogen) atoms. The zero-order valence-electron chi connectivity index (χ0n) is 15.5. The first kappa shape index (κ1) is 18.6. The van der Waals surface area contributed by atoms with E-state index in [0.717, 1.165) is 23.1 Å². The largest absolute Gasteiger partial charge is 0.356 e. The van der Waals surface area contributed by atoms with Crippen LogP contribution in [0.2, 0.25) is 0 Å². The second-order valence-electron chi connectivity index (χ2n) is 6.58. The van der Waals surface area contributed by atoms with Gasteiger partial charge in [0.05, 0.1) is 6.42 Å². The van der Waals surface area contributed by atoms with Crippen molar-refractivity contribution in [1.29, 1.82) is 0 Å². The molecule has 1 aromatic heterocycles. The van der Waals surface area contributed by atoms with E-state index in [1.165, 1.54) is 0 Å². The molecule has 6 heteroatoms. The topological polar surface area (TPSA) is 84.2 Å². The number of nitrogens with one attached hydrogen (secondary N) is 2. The lowest BCUT2D eigenvalue weighted by Crippen LogP contribution is -2.25. The number of carbonyl (C=O) groups is 2. The Labute approximate surface area is 157 Å². The van der Waals surface area contributed by atoms with E-state index in [-0.39, 0.29) is 24.2 Å². The number of aromatic nitrogens is 1. The molecule has 0 aliphatic carbocycles.